The molecule has 2 aromatic heterocycles. The quantitative estimate of drug-likeness (QED) is 0.403. The molecule has 0 bridgehead atoms. The lowest BCUT2D eigenvalue weighted by molar-refractivity contribution is 0.296. The van der Waals surface area contributed by atoms with Crippen molar-refractivity contribution in [3.8, 4) is 11.3 Å². The van der Waals surface area contributed by atoms with Crippen LogP contribution in [0.4, 0.5) is 5.82 Å². The molecule has 0 saturated carbocycles. The number of aromatic nitrogens is 3. The molecule has 154 valence electrons. The van der Waals surface area contributed by atoms with Crippen LogP contribution in [-0.4, -0.2) is 32.9 Å². The molecule has 4 rings (SSSR count). The molecule has 0 amide bonds. The summed E-state index contributed by atoms with van der Waals surface area (Å²) in [7, 11) is 0. The predicted octanol–water partition coefficient (Wildman–Crippen LogP) is 5.64. The van der Waals surface area contributed by atoms with Gasteiger partial charge in [0.05, 0.1) is 5.39 Å². The Hall–Kier alpha value is -3.18. The molecule has 0 saturated heterocycles. The van der Waals surface area contributed by atoms with Gasteiger partial charge in [0.15, 0.2) is 0 Å². The van der Waals surface area contributed by atoms with Gasteiger partial charge in [-0.3, -0.25) is 4.90 Å². The van der Waals surface area contributed by atoms with Gasteiger partial charge in [0, 0.05) is 18.3 Å². The molecule has 0 aliphatic rings. The number of H-pyrrole nitrogens is 1. The molecule has 30 heavy (non-hydrogen) atoms. The third-order valence-corrected chi connectivity index (χ3v) is 5.64. The highest BCUT2D eigenvalue weighted by molar-refractivity contribution is 5.91. The Balaban J connectivity index is 1.57. The number of aromatic amines is 1. The Morgan fingerprint density at radius 2 is 1.70 bits per heavy atom. The number of hydrogen-bond donors (Lipinski definition) is 2. The minimum absolute atomic E-state index is 0.155. The Morgan fingerprint density at radius 1 is 0.967 bits per heavy atom. The molecule has 2 heterocycles. The van der Waals surface area contributed by atoms with Crippen LogP contribution in [0.2, 0.25) is 0 Å². The van der Waals surface area contributed by atoms with Crippen molar-refractivity contribution < 1.29 is 0 Å². The van der Waals surface area contributed by atoms with Crippen molar-refractivity contribution in [2.45, 2.75) is 33.4 Å². The normalized spacial score (nSPS) is 12.4. The molecular weight excluding hydrogens is 370 g/mol. The second-order valence-corrected chi connectivity index (χ2v) is 7.60. The van der Waals surface area contributed by atoms with Crippen molar-refractivity contribution in [2.75, 3.05) is 18.4 Å². The van der Waals surface area contributed by atoms with Crippen LogP contribution in [0, 0.1) is 0 Å². The number of rotatable bonds is 8. The summed E-state index contributed by atoms with van der Waals surface area (Å²) in [5.74, 6) is 0.844. The summed E-state index contributed by atoms with van der Waals surface area (Å²) in [5.41, 5.74) is 5.60. The summed E-state index contributed by atoms with van der Waals surface area (Å²) in [6.45, 7) is 9.66. The second-order valence-electron chi connectivity index (χ2n) is 7.60. The lowest BCUT2D eigenvalue weighted by Gasteiger charge is -2.17. The molecule has 0 radical (unpaired) electrons. The molecule has 1 unspecified atom stereocenters. The highest BCUT2D eigenvalue weighted by atomic mass is 15.1. The predicted molar refractivity (Wildman–Crippen MR) is 124 cm³/mol. The molecule has 0 aliphatic carbocycles. The van der Waals surface area contributed by atoms with E-state index in [2.05, 4.69) is 101 Å². The third kappa shape index (κ3) is 4.36. The lowest BCUT2D eigenvalue weighted by atomic mass is 10.1. The first-order chi connectivity index (χ1) is 14.7. The number of nitrogens with zero attached hydrogens (tertiary/aromatic N) is 3. The zero-order chi connectivity index (χ0) is 20.9. The highest BCUT2D eigenvalue weighted by Gasteiger charge is 2.12. The number of benzene rings is 2. The number of hydrogen-bond acceptors (Lipinski definition) is 4. The summed E-state index contributed by atoms with van der Waals surface area (Å²) in [4.78, 5) is 14.8. The van der Waals surface area contributed by atoms with Crippen molar-refractivity contribution >= 4 is 16.9 Å². The van der Waals surface area contributed by atoms with E-state index < -0.39 is 0 Å². The standard InChI is InChI=1S/C25H29N5/c1-4-30(5-2)16-19-11-13-21(14-12-19)23-15-22-24(26-17-27-25(22)29-23)28-18(3)20-9-7-6-8-10-20/h6-15,17-18H,4-5,16H2,1-3H3,(H2,26,27,28,29). The zero-order valence-corrected chi connectivity index (χ0v) is 17.9. The fraction of sp³-hybridized carbons (Fsp3) is 0.280. The Kier molecular flexibility index (Phi) is 6.10. The van der Waals surface area contributed by atoms with Crippen LogP contribution in [0.1, 0.15) is 37.9 Å². The van der Waals surface area contributed by atoms with Crippen molar-refractivity contribution in [1.29, 1.82) is 0 Å². The van der Waals surface area contributed by atoms with Crippen LogP contribution < -0.4 is 5.32 Å². The maximum atomic E-state index is 4.50. The van der Waals surface area contributed by atoms with E-state index in [0.717, 1.165) is 47.7 Å². The van der Waals surface area contributed by atoms with Crippen molar-refractivity contribution in [2.24, 2.45) is 0 Å². The van der Waals surface area contributed by atoms with Crippen molar-refractivity contribution in [1.82, 2.24) is 19.9 Å². The van der Waals surface area contributed by atoms with E-state index in [4.69, 9.17) is 0 Å². The first-order valence-electron chi connectivity index (χ1n) is 10.6. The first-order valence-corrected chi connectivity index (χ1v) is 10.6. The van der Waals surface area contributed by atoms with Gasteiger partial charge < -0.3 is 10.3 Å². The van der Waals surface area contributed by atoms with Gasteiger partial charge in [-0.25, -0.2) is 9.97 Å². The lowest BCUT2D eigenvalue weighted by Crippen LogP contribution is -2.21. The topological polar surface area (TPSA) is 56.8 Å². The number of anilines is 1. The Labute approximate surface area is 178 Å². The summed E-state index contributed by atoms with van der Waals surface area (Å²) in [6, 6.07) is 21.5. The molecule has 2 N–H and O–H groups in total. The van der Waals surface area contributed by atoms with Crippen LogP contribution >= 0.6 is 0 Å². The summed E-state index contributed by atoms with van der Waals surface area (Å²) >= 11 is 0. The smallest absolute Gasteiger partial charge is 0.143 e. The monoisotopic (exact) mass is 399 g/mol. The summed E-state index contributed by atoms with van der Waals surface area (Å²) < 4.78 is 0. The van der Waals surface area contributed by atoms with E-state index in [1.807, 2.05) is 6.07 Å². The SMILES string of the molecule is CCN(CC)Cc1ccc(-c2cc3c(NC(C)c4ccccc4)ncnc3[nH]2)cc1. The Bertz CT molecular complexity index is 1080. The largest absolute Gasteiger partial charge is 0.363 e. The third-order valence-electron chi connectivity index (χ3n) is 5.64. The highest BCUT2D eigenvalue weighted by Crippen LogP contribution is 2.29. The van der Waals surface area contributed by atoms with Gasteiger partial charge in [-0.15, -0.1) is 0 Å². The van der Waals surface area contributed by atoms with Gasteiger partial charge in [-0.1, -0.05) is 68.4 Å². The first kappa shape index (κ1) is 20.1. The Morgan fingerprint density at radius 3 is 2.40 bits per heavy atom. The molecule has 5 heteroatoms. The zero-order valence-electron chi connectivity index (χ0n) is 17.9. The summed E-state index contributed by atoms with van der Waals surface area (Å²) in [6.07, 6.45) is 1.61. The van der Waals surface area contributed by atoms with Crippen LogP contribution in [0.5, 0.6) is 0 Å². The van der Waals surface area contributed by atoms with E-state index in [0.29, 0.717) is 0 Å². The fourth-order valence-corrected chi connectivity index (χ4v) is 3.74. The molecule has 0 spiro atoms. The van der Waals surface area contributed by atoms with Crippen LogP contribution in [-0.2, 0) is 6.54 Å². The van der Waals surface area contributed by atoms with E-state index >= 15 is 0 Å². The minimum atomic E-state index is 0.155. The fourth-order valence-electron chi connectivity index (χ4n) is 3.74. The molecule has 1 atom stereocenters. The van der Waals surface area contributed by atoms with E-state index in [1.165, 1.54) is 11.1 Å². The van der Waals surface area contributed by atoms with Crippen LogP contribution in [0.3, 0.4) is 0 Å². The maximum Gasteiger partial charge on any atom is 0.143 e. The molecule has 5 nitrogen and oxygen atoms in total. The number of nitrogens with one attached hydrogen (secondary N) is 2. The minimum Gasteiger partial charge on any atom is -0.363 e. The van der Waals surface area contributed by atoms with Gasteiger partial charge in [0.25, 0.3) is 0 Å². The molecule has 0 aliphatic heterocycles. The van der Waals surface area contributed by atoms with Gasteiger partial charge in [0.1, 0.15) is 17.8 Å². The van der Waals surface area contributed by atoms with Crippen molar-refractivity contribution in [3.63, 3.8) is 0 Å². The van der Waals surface area contributed by atoms with Gasteiger partial charge in [-0.2, -0.15) is 0 Å². The molecule has 0 fully saturated rings. The average molecular weight is 400 g/mol. The molecular formula is C25H29N5. The van der Waals surface area contributed by atoms with Gasteiger partial charge >= 0.3 is 0 Å². The van der Waals surface area contributed by atoms with E-state index in [-0.39, 0.29) is 6.04 Å². The van der Waals surface area contributed by atoms with E-state index in [1.54, 1.807) is 6.33 Å². The second kappa shape index (κ2) is 9.09. The van der Waals surface area contributed by atoms with E-state index in [9.17, 15) is 0 Å². The van der Waals surface area contributed by atoms with Gasteiger partial charge in [0.2, 0.25) is 0 Å². The van der Waals surface area contributed by atoms with Crippen LogP contribution in [0.25, 0.3) is 22.3 Å². The molecule has 4 aromatic rings. The summed E-state index contributed by atoms with van der Waals surface area (Å²) in [5, 5.41) is 4.54. The van der Waals surface area contributed by atoms with Crippen LogP contribution in [0.15, 0.2) is 67.0 Å². The number of fused-ring (bicyclic) bond motifs is 1. The molecule has 2 aromatic carbocycles. The maximum absolute atomic E-state index is 4.50. The van der Waals surface area contributed by atoms with Gasteiger partial charge in [-0.05, 0) is 42.8 Å². The average Bonchev–Trinajstić information content (AvgIpc) is 3.24. The van der Waals surface area contributed by atoms with Crippen molar-refractivity contribution in [3.05, 3.63) is 78.1 Å².